The SMILES string of the molecule is O=S(=O)(Nc1ccc(C2=CSC3=NCCN23)cc1)c1cc(Cl)ccc1Cl. The van der Waals surface area contributed by atoms with E-state index in [4.69, 9.17) is 23.2 Å². The molecule has 0 fully saturated rings. The Morgan fingerprint density at radius 2 is 1.88 bits per heavy atom. The largest absolute Gasteiger partial charge is 0.318 e. The molecule has 2 aliphatic heterocycles. The number of hydrogen-bond acceptors (Lipinski definition) is 5. The van der Waals surface area contributed by atoms with E-state index >= 15 is 0 Å². The van der Waals surface area contributed by atoms with Crippen molar-refractivity contribution in [2.45, 2.75) is 4.90 Å². The van der Waals surface area contributed by atoms with Crippen LogP contribution in [0.4, 0.5) is 5.69 Å². The molecule has 2 aromatic rings. The fourth-order valence-corrected chi connectivity index (χ4v) is 5.53. The third-order valence-electron chi connectivity index (χ3n) is 3.98. The molecule has 0 amide bonds. The van der Waals surface area contributed by atoms with Gasteiger partial charge in [-0.1, -0.05) is 47.1 Å². The molecule has 0 saturated heterocycles. The first-order valence-electron chi connectivity index (χ1n) is 7.71. The van der Waals surface area contributed by atoms with Gasteiger partial charge in [-0.15, -0.1) is 0 Å². The summed E-state index contributed by atoms with van der Waals surface area (Å²) in [6.07, 6.45) is 0. The number of aliphatic imine (C=N–C) groups is 1. The molecular formula is C17H13Cl2N3O2S2. The number of benzene rings is 2. The number of sulfonamides is 1. The summed E-state index contributed by atoms with van der Waals surface area (Å²) in [4.78, 5) is 6.54. The first-order chi connectivity index (χ1) is 12.4. The lowest BCUT2D eigenvalue weighted by Crippen LogP contribution is -2.19. The van der Waals surface area contributed by atoms with E-state index < -0.39 is 10.0 Å². The predicted octanol–water partition coefficient (Wildman–Crippen LogP) is 4.51. The molecular weight excluding hydrogens is 413 g/mol. The fourth-order valence-electron chi connectivity index (χ4n) is 2.75. The van der Waals surface area contributed by atoms with Crippen LogP contribution in [0.15, 0.2) is 57.8 Å². The third-order valence-corrected chi connectivity index (χ3v) is 6.98. The van der Waals surface area contributed by atoms with Gasteiger partial charge in [0, 0.05) is 22.7 Å². The minimum atomic E-state index is -3.83. The number of amidine groups is 1. The van der Waals surface area contributed by atoms with Crippen molar-refractivity contribution in [1.29, 1.82) is 0 Å². The molecule has 0 bridgehead atoms. The molecule has 9 heteroatoms. The number of rotatable bonds is 4. The van der Waals surface area contributed by atoms with E-state index in [2.05, 4.69) is 20.0 Å². The minimum absolute atomic E-state index is 0.0523. The third kappa shape index (κ3) is 3.32. The number of fused-ring (bicyclic) bond motifs is 1. The van der Waals surface area contributed by atoms with Crippen LogP contribution in [-0.2, 0) is 10.0 Å². The maximum atomic E-state index is 12.6. The van der Waals surface area contributed by atoms with Gasteiger partial charge in [-0.25, -0.2) is 8.42 Å². The van der Waals surface area contributed by atoms with Gasteiger partial charge in [0.25, 0.3) is 10.0 Å². The van der Waals surface area contributed by atoms with E-state index in [0.717, 1.165) is 29.5 Å². The zero-order valence-electron chi connectivity index (χ0n) is 13.3. The number of thioether (sulfide) groups is 1. The first kappa shape index (κ1) is 17.7. The summed E-state index contributed by atoms with van der Waals surface area (Å²) < 4.78 is 27.7. The Kier molecular flexibility index (Phi) is 4.64. The highest BCUT2D eigenvalue weighted by molar-refractivity contribution is 8.16. The van der Waals surface area contributed by atoms with E-state index in [1.165, 1.54) is 12.1 Å². The second kappa shape index (κ2) is 6.81. The molecule has 2 heterocycles. The second-order valence-electron chi connectivity index (χ2n) is 5.69. The molecule has 0 unspecified atom stereocenters. The smallest absolute Gasteiger partial charge is 0.263 e. The lowest BCUT2D eigenvalue weighted by Gasteiger charge is -2.17. The molecule has 134 valence electrons. The Balaban J connectivity index is 1.56. The second-order valence-corrected chi connectivity index (χ2v) is 9.03. The van der Waals surface area contributed by atoms with Crippen LogP contribution in [0.25, 0.3) is 5.70 Å². The Hall–Kier alpha value is -1.67. The highest BCUT2D eigenvalue weighted by Gasteiger charge is 2.27. The number of halogens is 2. The Morgan fingerprint density at radius 3 is 2.65 bits per heavy atom. The van der Waals surface area contributed by atoms with E-state index in [9.17, 15) is 8.42 Å². The van der Waals surface area contributed by atoms with Gasteiger partial charge in [-0.3, -0.25) is 9.71 Å². The summed E-state index contributed by atoms with van der Waals surface area (Å²) in [7, 11) is -3.83. The van der Waals surface area contributed by atoms with Gasteiger partial charge in [0.05, 0.1) is 17.3 Å². The molecule has 2 aliphatic rings. The standard InChI is InChI=1S/C17H13Cl2N3O2S2/c18-12-3-6-14(19)16(9-12)26(23,24)21-13-4-1-11(2-5-13)15-10-25-17-20-7-8-22(15)17/h1-6,9-10,21H,7-8H2. The van der Waals surface area contributed by atoms with Crippen LogP contribution < -0.4 is 4.72 Å². The monoisotopic (exact) mass is 425 g/mol. The van der Waals surface area contributed by atoms with Crippen molar-refractivity contribution in [3.63, 3.8) is 0 Å². The summed E-state index contributed by atoms with van der Waals surface area (Å²) in [6.45, 7) is 1.67. The normalized spacial score (nSPS) is 16.3. The molecule has 0 spiro atoms. The van der Waals surface area contributed by atoms with E-state index in [1.807, 2.05) is 12.1 Å². The predicted molar refractivity (Wildman–Crippen MR) is 108 cm³/mol. The van der Waals surface area contributed by atoms with Crippen molar-refractivity contribution in [3.8, 4) is 0 Å². The summed E-state index contributed by atoms with van der Waals surface area (Å²) in [6, 6.07) is 11.5. The van der Waals surface area contributed by atoms with E-state index in [0.29, 0.717) is 10.7 Å². The van der Waals surface area contributed by atoms with Crippen LogP contribution in [0, 0.1) is 0 Å². The lowest BCUT2D eigenvalue weighted by molar-refractivity contribution is 0.601. The van der Waals surface area contributed by atoms with E-state index in [-0.39, 0.29) is 9.92 Å². The van der Waals surface area contributed by atoms with Gasteiger partial charge in [0.1, 0.15) is 4.90 Å². The maximum Gasteiger partial charge on any atom is 0.263 e. The lowest BCUT2D eigenvalue weighted by atomic mass is 10.1. The molecule has 4 rings (SSSR count). The van der Waals surface area contributed by atoms with Gasteiger partial charge in [0.15, 0.2) is 5.17 Å². The Labute approximate surface area is 165 Å². The van der Waals surface area contributed by atoms with Gasteiger partial charge in [-0.2, -0.15) is 0 Å². The quantitative estimate of drug-likeness (QED) is 0.782. The zero-order valence-corrected chi connectivity index (χ0v) is 16.5. The highest BCUT2D eigenvalue weighted by Crippen LogP contribution is 2.35. The highest BCUT2D eigenvalue weighted by atomic mass is 35.5. The van der Waals surface area contributed by atoms with Gasteiger partial charge < -0.3 is 4.90 Å². The maximum absolute atomic E-state index is 12.6. The molecule has 5 nitrogen and oxygen atoms in total. The van der Waals surface area contributed by atoms with Crippen LogP contribution >= 0.6 is 35.0 Å². The fraction of sp³-hybridized carbons (Fsp3) is 0.118. The van der Waals surface area contributed by atoms with Crippen LogP contribution in [0.5, 0.6) is 0 Å². The average Bonchev–Trinajstić information content (AvgIpc) is 3.21. The molecule has 26 heavy (non-hydrogen) atoms. The van der Waals surface area contributed by atoms with Crippen LogP contribution in [0.1, 0.15) is 5.56 Å². The molecule has 0 saturated carbocycles. The number of nitrogens with one attached hydrogen (secondary N) is 1. The van der Waals surface area contributed by atoms with Crippen LogP contribution in [-0.4, -0.2) is 31.6 Å². The van der Waals surface area contributed by atoms with Crippen molar-refractivity contribution in [2.24, 2.45) is 4.99 Å². The zero-order chi connectivity index (χ0) is 18.3. The van der Waals surface area contributed by atoms with Crippen molar-refractivity contribution in [1.82, 2.24) is 4.90 Å². The number of anilines is 1. The average molecular weight is 426 g/mol. The van der Waals surface area contributed by atoms with Gasteiger partial charge in [-0.05, 0) is 35.9 Å². The Bertz CT molecular complexity index is 1030. The molecule has 0 aliphatic carbocycles. The minimum Gasteiger partial charge on any atom is -0.318 e. The number of hydrogen-bond donors (Lipinski definition) is 1. The molecule has 1 N–H and O–H groups in total. The molecule has 0 radical (unpaired) electrons. The summed E-state index contributed by atoms with van der Waals surface area (Å²) >= 11 is 13.5. The van der Waals surface area contributed by atoms with Crippen molar-refractivity contribution in [3.05, 3.63) is 63.5 Å². The van der Waals surface area contributed by atoms with Crippen LogP contribution in [0.3, 0.4) is 0 Å². The summed E-state index contributed by atoms with van der Waals surface area (Å²) in [5.74, 6) is 0. The van der Waals surface area contributed by atoms with Crippen molar-refractivity contribution >= 4 is 61.5 Å². The van der Waals surface area contributed by atoms with E-state index in [1.54, 1.807) is 30.0 Å². The topological polar surface area (TPSA) is 61.8 Å². The van der Waals surface area contributed by atoms with Crippen LogP contribution in [0.2, 0.25) is 10.0 Å². The summed E-state index contributed by atoms with van der Waals surface area (Å²) in [5, 5.41) is 3.50. The first-order valence-corrected chi connectivity index (χ1v) is 10.8. The molecule has 0 aromatic heterocycles. The molecule has 2 aromatic carbocycles. The van der Waals surface area contributed by atoms with Crippen molar-refractivity contribution in [2.75, 3.05) is 17.8 Å². The summed E-state index contributed by atoms with van der Waals surface area (Å²) in [5.41, 5.74) is 2.54. The molecule has 0 atom stereocenters. The Morgan fingerprint density at radius 1 is 1.12 bits per heavy atom. The number of nitrogens with zero attached hydrogens (tertiary/aromatic N) is 2. The van der Waals surface area contributed by atoms with Gasteiger partial charge in [0.2, 0.25) is 0 Å². The van der Waals surface area contributed by atoms with Crippen molar-refractivity contribution < 1.29 is 8.42 Å². The van der Waals surface area contributed by atoms with Gasteiger partial charge >= 0.3 is 0 Å².